The van der Waals surface area contributed by atoms with Gasteiger partial charge >= 0.3 is 5.69 Å². The van der Waals surface area contributed by atoms with E-state index in [1.807, 2.05) is 12.1 Å². The molecule has 1 aliphatic carbocycles. The predicted octanol–water partition coefficient (Wildman–Crippen LogP) is 1.85. The molecular weight excluding hydrogens is 430 g/mol. The second-order valence-corrected chi connectivity index (χ2v) is 8.76. The highest BCUT2D eigenvalue weighted by molar-refractivity contribution is 8.00. The van der Waals surface area contributed by atoms with Gasteiger partial charge in [-0.25, -0.2) is 14.8 Å². The van der Waals surface area contributed by atoms with Crippen LogP contribution in [-0.2, 0) is 18.9 Å². The summed E-state index contributed by atoms with van der Waals surface area (Å²) in [6.45, 7) is 0. The SMILES string of the molecule is COc1ccccc1-c1nc(SCC(=O)NC2CCCC2)c2c(=O)n(C)c(=O)n(C)c2n1. The van der Waals surface area contributed by atoms with Gasteiger partial charge in [-0.1, -0.05) is 36.7 Å². The van der Waals surface area contributed by atoms with Crippen LogP contribution in [0.3, 0.4) is 0 Å². The molecule has 1 fully saturated rings. The number of hydrogen-bond donors (Lipinski definition) is 1. The van der Waals surface area contributed by atoms with E-state index in [-0.39, 0.29) is 28.7 Å². The Labute approximate surface area is 188 Å². The van der Waals surface area contributed by atoms with Crippen LogP contribution in [0.2, 0.25) is 0 Å². The molecule has 1 aliphatic rings. The van der Waals surface area contributed by atoms with Gasteiger partial charge in [0.1, 0.15) is 16.2 Å². The molecule has 1 N–H and O–H groups in total. The number of rotatable bonds is 6. The summed E-state index contributed by atoms with van der Waals surface area (Å²) < 4.78 is 7.78. The normalized spacial score (nSPS) is 14.1. The third-order valence-corrected chi connectivity index (χ3v) is 6.65. The molecule has 0 atom stereocenters. The van der Waals surface area contributed by atoms with Gasteiger partial charge in [-0.2, -0.15) is 0 Å². The average molecular weight is 456 g/mol. The van der Waals surface area contributed by atoms with E-state index in [2.05, 4.69) is 15.3 Å². The number of thioether (sulfide) groups is 1. The predicted molar refractivity (Wildman–Crippen MR) is 123 cm³/mol. The van der Waals surface area contributed by atoms with Crippen LogP contribution in [0.5, 0.6) is 5.75 Å². The monoisotopic (exact) mass is 455 g/mol. The summed E-state index contributed by atoms with van der Waals surface area (Å²) in [5.74, 6) is 0.890. The number of nitrogens with zero attached hydrogens (tertiary/aromatic N) is 4. The quantitative estimate of drug-likeness (QED) is 0.446. The molecule has 0 aliphatic heterocycles. The molecule has 0 bridgehead atoms. The van der Waals surface area contributed by atoms with Crippen LogP contribution in [0, 0.1) is 0 Å². The molecule has 1 aromatic carbocycles. The van der Waals surface area contributed by atoms with Gasteiger partial charge in [-0.3, -0.25) is 18.7 Å². The molecule has 32 heavy (non-hydrogen) atoms. The number of carbonyl (C=O) groups is 1. The second kappa shape index (κ2) is 9.15. The summed E-state index contributed by atoms with van der Waals surface area (Å²) in [5.41, 5.74) is -0.134. The van der Waals surface area contributed by atoms with Crippen LogP contribution in [0.1, 0.15) is 25.7 Å². The van der Waals surface area contributed by atoms with Gasteiger partial charge in [-0.15, -0.1) is 0 Å². The van der Waals surface area contributed by atoms with E-state index in [1.165, 1.54) is 23.4 Å². The van der Waals surface area contributed by atoms with Crippen LogP contribution in [-0.4, -0.2) is 43.9 Å². The minimum absolute atomic E-state index is 0.103. The maximum Gasteiger partial charge on any atom is 0.332 e. The van der Waals surface area contributed by atoms with E-state index in [1.54, 1.807) is 26.3 Å². The summed E-state index contributed by atoms with van der Waals surface area (Å²) in [6.07, 6.45) is 4.24. The van der Waals surface area contributed by atoms with Crippen molar-refractivity contribution in [2.24, 2.45) is 14.1 Å². The fourth-order valence-electron chi connectivity index (χ4n) is 3.96. The Balaban J connectivity index is 1.81. The highest BCUT2D eigenvalue weighted by atomic mass is 32.2. The largest absolute Gasteiger partial charge is 0.496 e. The van der Waals surface area contributed by atoms with Crippen LogP contribution >= 0.6 is 11.8 Å². The lowest BCUT2D eigenvalue weighted by atomic mass is 10.2. The number of aromatic nitrogens is 4. The summed E-state index contributed by atoms with van der Waals surface area (Å²) in [6, 6.07) is 7.46. The summed E-state index contributed by atoms with van der Waals surface area (Å²) in [7, 11) is 4.53. The first-order valence-electron chi connectivity index (χ1n) is 10.4. The second-order valence-electron chi connectivity index (χ2n) is 7.79. The van der Waals surface area contributed by atoms with E-state index in [0.717, 1.165) is 30.3 Å². The van der Waals surface area contributed by atoms with Crippen molar-refractivity contribution in [3.8, 4) is 17.1 Å². The van der Waals surface area contributed by atoms with Gasteiger partial charge in [0.15, 0.2) is 11.5 Å². The van der Waals surface area contributed by atoms with Crippen molar-refractivity contribution >= 4 is 28.7 Å². The van der Waals surface area contributed by atoms with Crippen LogP contribution in [0.15, 0.2) is 38.9 Å². The third-order valence-electron chi connectivity index (χ3n) is 5.67. The van der Waals surface area contributed by atoms with Gasteiger partial charge in [0.05, 0.1) is 18.4 Å². The summed E-state index contributed by atoms with van der Waals surface area (Å²) >= 11 is 1.17. The first-order chi connectivity index (χ1) is 15.4. The lowest BCUT2D eigenvalue weighted by Gasteiger charge is -2.14. The molecule has 1 amide bonds. The van der Waals surface area contributed by atoms with Gasteiger partial charge in [0, 0.05) is 20.1 Å². The highest BCUT2D eigenvalue weighted by Gasteiger charge is 2.21. The molecule has 2 aromatic heterocycles. The Hall–Kier alpha value is -3.14. The van der Waals surface area contributed by atoms with Crippen LogP contribution in [0.25, 0.3) is 22.4 Å². The number of hydrogen-bond acceptors (Lipinski definition) is 7. The topological polar surface area (TPSA) is 108 Å². The fraction of sp³-hybridized carbons (Fsp3) is 0.409. The Morgan fingerprint density at radius 3 is 2.59 bits per heavy atom. The maximum absolute atomic E-state index is 12.9. The molecule has 0 saturated heterocycles. The highest BCUT2D eigenvalue weighted by Crippen LogP contribution is 2.31. The molecule has 0 unspecified atom stereocenters. The van der Waals surface area contributed by atoms with E-state index in [9.17, 15) is 14.4 Å². The number of aryl methyl sites for hydroxylation is 1. The molecular formula is C22H25N5O4S. The van der Waals surface area contributed by atoms with E-state index in [0.29, 0.717) is 22.2 Å². The van der Waals surface area contributed by atoms with E-state index < -0.39 is 11.2 Å². The van der Waals surface area contributed by atoms with Gasteiger partial charge in [0.25, 0.3) is 5.56 Å². The van der Waals surface area contributed by atoms with Crippen molar-refractivity contribution < 1.29 is 9.53 Å². The fourth-order valence-corrected chi connectivity index (χ4v) is 4.78. The first kappa shape index (κ1) is 22.1. The number of para-hydroxylation sites is 1. The lowest BCUT2D eigenvalue weighted by molar-refractivity contribution is -0.119. The minimum Gasteiger partial charge on any atom is -0.496 e. The molecule has 3 aromatic rings. The molecule has 2 heterocycles. The zero-order chi connectivity index (χ0) is 22.8. The van der Waals surface area contributed by atoms with Crippen molar-refractivity contribution in [3.05, 3.63) is 45.1 Å². The molecule has 1 saturated carbocycles. The number of benzene rings is 1. The minimum atomic E-state index is -0.492. The molecule has 0 spiro atoms. The lowest BCUT2D eigenvalue weighted by Crippen LogP contribution is -2.38. The molecule has 4 rings (SSSR count). The number of fused-ring (bicyclic) bond motifs is 1. The average Bonchev–Trinajstić information content (AvgIpc) is 3.32. The zero-order valence-electron chi connectivity index (χ0n) is 18.3. The van der Waals surface area contributed by atoms with E-state index in [4.69, 9.17) is 4.74 Å². The van der Waals surface area contributed by atoms with Gasteiger partial charge in [-0.05, 0) is 25.0 Å². The molecule has 0 radical (unpaired) electrons. The maximum atomic E-state index is 12.9. The Morgan fingerprint density at radius 2 is 1.88 bits per heavy atom. The Kier molecular flexibility index (Phi) is 6.31. The van der Waals surface area contributed by atoms with Gasteiger partial charge in [0.2, 0.25) is 5.91 Å². The number of ether oxygens (including phenoxy) is 1. The van der Waals surface area contributed by atoms with Crippen molar-refractivity contribution in [3.63, 3.8) is 0 Å². The molecule has 10 heteroatoms. The standard InChI is InChI=1S/C22H25N5O4S/c1-26-19-17(21(29)27(2)22(26)30)20(32-12-16(28)23-13-8-4-5-9-13)25-18(24-19)14-10-6-7-11-15(14)31-3/h6-7,10-11,13H,4-5,8-9,12H2,1-3H3,(H,23,28). The number of amides is 1. The van der Waals surface area contributed by atoms with Crippen LogP contribution < -0.4 is 21.3 Å². The summed E-state index contributed by atoms with van der Waals surface area (Å²) in [4.78, 5) is 47.1. The van der Waals surface area contributed by atoms with Crippen LogP contribution in [0.4, 0.5) is 0 Å². The summed E-state index contributed by atoms with van der Waals surface area (Å²) in [5, 5.41) is 3.62. The van der Waals surface area contributed by atoms with Crippen molar-refractivity contribution in [2.75, 3.05) is 12.9 Å². The van der Waals surface area contributed by atoms with E-state index >= 15 is 0 Å². The Morgan fingerprint density at radius 1 is 1.16 bits per heavy atom. The Bertz CT molecular complexity index is 1290. The number of nitrogens with one attached hydrogen (secondary N) is 1. The first-order valence-corrected chi connectivity index (χ1v) is 11.4. The zero-order valence-corrected chi connectivity index (χ0v) is 19.1. The van der Waals surface area contributed by atoms with Crippen molar-refractivity contribution in [1.82, 2.24) is 24.4 Å². The molecule has 9 nitrogen and oxygen atoms in total. The number of carbonyl (C=O) groups excluding carboxylic acids is 1. The number of methoxy groups -OCH3 is 1. The smallest absolute Gasteiger partial charge is 0.332 e. The van der Waals surface area contributed by atoms with Crippen molar-refractivity contribution in [1.29, 1.82) is 0 Å². The molecule has 168 valence electrons. The van der Waals surface area contributed by atoms with Gasteiger partial charge < -0.3 is 10.1 Å². The third kappa shape index (κ3) is 4.14. The van der Waals surface area contributed by atoms with Crippen molar-refractivity contribution in [2.45, 2.75) is 36.8 Å².